The number of hydrogen-bond donors (Lipinski definition) is 0. The zero-order valence-electron chi connectivity index (χ0n) is 20.4. The number of aryl methyl sites for hydroxylation is 1. The molecule has 0 spiro atoms. The molecule has 2 aromatic heterocycles. The number of alkyl halides is 6. The van der Waals surface area contributed by atoms with Crippen LogP contribution in [0.15, 0.2) is 53.5 Å². The van der Waals surface area contributed by atoms with Crippen molar-refractivity contribution >= 4 is 0 Å². The lowest BCUT2D eigenvalue weighted by molar-refractivity contribution is -0.154. The fourth-order valence-electron chi connectivity index (χ4n) is 4.29. The molecule has 0 N–H and O–H groups in total. The molecule has 0 bridgehead atoms. The van der Waals surface area contributed by atoms with Gasteiger partial charge >= 0.3 is 12.4 Å². The van der Waals surface area contributed by atoms with Gasteiger partial charge in [0.25, 0.3) is 5.56 Å². The van der Waals surface area contributed by atoms with Crippen molar-refractivity contribution in [3.63, 3.8) is 0 Å². The van der Waals surface area contributed by atoms with Gasteiger partial charge in [-0.1, -0.05) is 31.4 Å². The van der Waals surface area contributed by atoms with Gasteiger partial charge in [0.15, 0.2) is 6.61 Å². The monoisotopic (exact) mass is 545 g/mol. The van der Waals surface area contributed by atoms with Crippen LogP contribution >= 0.6 is 0 Å². The molecule has 206 valence electrons. The van der Waals surface area contributed by atoms with Gasteiger partial charge in [-0.05, 0) is 55.0 Å². The van der Waals surface area contributed by atoms with E-state index in [1.165, 1.54) is 32.1 Å². The van der Waals surface area contributed by atoms with Crippen LogP contribution in [0.4, 0.5) is 30.7 Å². The summed E-state index contributed by atoms with van der Waals surface area (Å²) in [5, 5.41) is 3.47. The van der Waals surface area contributed by atoms with Gasteiger partial charge in [-0.25, -0.2) is 9.07 Å². The Balaban J connectivity index is 0.000000241. The number of nitrogens with zero attached hydrogens (tertiary/aromatic N) is 3. The van der Waals surface area contributed by atoms with Crippen LogP contribution in [0.3, 0.4) is 0 Å². The summed E-state index contributed by atoms with van der Waals surface area (Å²) in [6.07, 6.45) is -2.03. The first-order valence-corrected chi connectivity index (χ1v) is 11.9. The van der Waals surface area contributed by atoms with Crippen molar-refractivity contribution < 1.29 is 35.5 Å². The highest BCUT2D eigenvalue weighted by molar-refractivity contribution is 5.31. The second-order valence-corrected chi connectivity index (χ2v) is 8.87. The Morgan fingerprint density at radius 1 is 0.974 bits per heavy atom. The SMILES string of the molecule is Cc1cccc(F)c1C1CCCCC1.O=c1ccc(OCC(F)(F)F)nn1Cc1ncccc1C(F)(F)F. The molecule has 1 fully saturated rings. The summed E-state index contributed by atoms with van der Waals surface area (Å²) in [6, 6.07) is 9.01. The normalized spacial score (nSPS) is 14.5. The van der Waals surface area contributed by atoms with Crippen molar-refractivity contribution in [3.8, 4) is 5.88 Å². The number of hydrogen-bond acceptors (Lipinski definition) is 4. The molecule has 2 heterocycles. The largest absolute Gasteiger partial charge is 0.467 e. The zero-order chi connectivity index (χ0) is 27.9. The van der Waals surface area contributed by atoms with Gasteiger partial charge in [0, 0.05) is 18.3 Å². The second kappa shape index (κ2) is 12.4. The summed E-state index contributed by atoms with van der Waals surface area (Å²) >= 11 is 0. The second-order valence-electron chi connectivity index (χ2n) is 8.87. The fraction of sp³-hybridized carbons (Fsp3) is 0.423. The molecule has 1 aromatic carbocycles. The molecule has 0 unspecified atom stereocenters. The van der Waals surface area contributed by atoms with E-state index in [0.717, 1.165) is 41.6 Å². The molecule has 5 nitrogen and oxygen atoms in total. The first-order valence-electron chi connectivity index (χ1n) is 11.9. The van der Waals surface area contributed by atoms with E-state index in [-0.39, 0.29) is 5.82 Å². The molecule has 0 atom stereocenters. The molecule has 0 aliphatic heterocycles. The van der Waals surface area contributed by atoms with Crippen LogP contribution in [0.25, 0.3) is 0 Å². The molecule has 3 aromatic rings. The van der Waals surface area contributed by atoms with Crippen LogP contribution in [0.2, 0.25) is 0 Å². The van der Waals surface area contributed by atoms with Crippen molar-refractivity contribution in [2.75, 3.05) is 6.61 Å². The minimum atomic E-state index is -4.70. The van der Waals surface area contributed by atoms with Gasteiger partial charge in [-0.15, -0.1) is 5.10 Å². The molecule has 1 saturated carbocycles. The number of rotatable bonds is 5. The molecule has 1 aliphatic rings. The molecule has 0 saturated heterocycles. The summed E-state index contributed by atoms with van der Waals surface area (Å²) in [5.74, 6) is -0.0711. The van der Waals surface area contributed by atoms with E-state index < -0.39 is 48.2 Å². The van der Waals surface area contributed by atoms with Gasteiger partial charge in [0.1, 0.15) is 5.82 Å². The number of aromatic nitrogens is 3. The minimum absolute atomic E-state index is 0.00287. The summed E-state index contributed by atoms with van der Waals surface area (Å²) < 4.78 is 93.5. The van der Waals surface area contributed by atoms with Crippen LogP contribution in [-0.4, -0.2) is 27.5 Å². The predicted octanol–water partition coefficient (Wildman–Crippen LogP) is 6.83. The van der Waals surface area contributed by atoms with Gasteiger partial charge in [0.05, 0.1) is 17.8 Å². The zero-order valence-corrected chi connectivity index (χ0v) is 20.4. The summed E-state index contributed by atoms with van der Waals surface area (Å²) in [4.78, 5) is 15.2. The van der Waals surface area contributed by atoms with Gasteiger partial charge in [0.2, 0.25) is 5.88 Å². The van der Waals surface area contributed by atoms with Crippen molar-refractivity contribution in [1.29, 1.82) is 0 Å². The number of halogens is 7. The highest BCUT2D eigenvalue weighted by atomic mass is 19.4. The van der Waals surface area contributed by atoms with Crippen LogP contribution in [0.1, 0.15) is 60.4 Å². The van der Waals surface area contributed by atoms with E-state index in [1.54, 1.807) is 12.1 Å². The molecule has 38 heavy (non-hydrogen) atoms. The predicted molar refractivity (Wildman–Crippen MR) is 125 cm³/mol. The third-order valence-corrected chi connectivity index (χ3v) is 6.01. The van der Waals surface area contributed by atoms with Gasteiger partial charge in [-0.3, -0.25) is 9.78 Å². The Kier molecular flexibility index (Phi) is 9.50. The number of ether oxygens (including phenoxy) is 1. The molecule has 1 aliphatic carbocycles. The maximum Gasteiger partial charge on any atom is 0.422 e. The Hall–Kier alpha value is -3.44. The van der Waals surface area contributed by atoms with Crippen molar-refractivity contribution in [2.45, 2.75) is 63.8 Å². The average Bonchev–Trinajstić information content (AvgIpc) is 2.85. The Labute approximate surface area is 214 Å². The number of pyridine rings is 1. The third-order valence-electron chi connectivity index (χ3n) is 6.01. The highest BCUT2D eigenvalue weighted by Crippen LogP contribution is 2.35. The first-order chi connectivity index (χ1) is 17.8. The van der Waals surface area contributed by atoms with Crippen LogP contribution in [0.5, 0.6) is 5.88 Å². The topological polar surface area (TPSA) is 57.0 Å². The third kappa shape index (κ3) is 8.29. The van der Waals surface area contributed by atoms with Crippen molar-refractivity contribution in [1.82, 2.24) is 14.8 Å². The van der Waals surface area contributed by atoms with E-state index >= 15 is 0 Å². The van der Waals surface area contributed by atoms with E-state index in [1.807, 2.05) is 13.0 Å². The van der Waals surface area contributed by atoms with Gasteiger partial charge < -0.3 is 4.74 Å². The smallest absolute Gasteiger partial charge is 0.422 e. The number of benzene rings is 1. The average molecular weight is 545 g/mol. The van der Waals surface area contributed by atoms with E-state index in [0.29, 0.717) is 10.6 Å². The van der Waals surface area contributed by atoms with E-state index in [4.69, 9.17) is 0 Å². The molecular formula is C26H26F7N3O2. The lowest BCUT2D eigenvalue weighted by atomic mass is 9.82. The Morgan fingerprint density at radius 3 is 2.32 bits per heavy atom. The Morgan fingerprint density at radius 2 is 1.68 bits per heavy atom. The molecule has 0 radical (unpaired) electrons. The molecule has 0 amide bonds. The molecule has 12 heteroatoms. The minimum Gasteiger partial charge on any atom is -0.467 e. The van der Waals surface area contributed by atoms with Crippen molar-refractivity contribution in [3.05, 3.63) is 87.2 Å². The quantitative estimate of drug-likeness (QED) is 0.330. The lowest BCUT2D eigenvalue weighted by Gasteiger charge is -2.23. The van der Waals surface area contributed by atoms with E-state index in [9.17, 15) is 35.5 Å². The summed E-state index contributed by atoms with van der Waals surface area (Å²) in [6.45, 7) is -0.291. The van der Waals surface area contributed by atoms with Crippen LogP contribution < -0.4 is 10.3 Å². The van der Waals surface area contributed by atoms with Crippen molar-refractivity contribution in [2.24, 2.45) is 0 Å². The van der Waals surface area contributed by atoms with Crippen LogP contribution in [0, 0.1) is 12.7 Å². The molecular weight excluding hydrogens is 519 g/mol. The maximum atomic E-state index is 13.6. The summed E-state index contributed by atoms with van der Waals surface area (Å²) in [7, 11) is 0. The first kappa shape index (κ1) is 29.1. The molecule has 4 rings (SSSR count). The fourth-order valence-corrected chi connectivity index (χ4v) is 4.29. The summed E-state index contributed by atoms with van der Waals surface area (Å²) in [5.41, 5.74) is -0.273. The standard InChI is InChI=1S/C13H9F6N3O2.C13H17F/c14-12(15,16)7-24-10-3-4-11(23)22(21-10)6-9-8(13(17,18)19)2-1-5-20-9;1-10-6-5-9-12(14)13(10)11-7-3-2-4-8-11/h1-5H,6-7H2;5-6,9,11H,2-4,7-8H2,1H3. The van der Waals surface area contributed by atoms with E-state index in [2.05, 4.69) is 14.8 Å². The maximum absolute atomic E-state index is 13.6. The lowest BCUT2D eigenvalue weighted by Crippen LogP contribution is -2.26. The van der Waals surface area contributed by atoms with Crippen LogP contribution in [-0.2, 0) is 12.7 Å². The Bertz CT molecular complexity index is 1250. The highest BCUT2D eigenvalue weighted by Gasteiger charge is 2.34. The van der Waals surface area contributed by atoms with Gasteiger partial charge in [-0.2, -0.15) is 26.3 Å².